The summed E-state index contributed by atoms with van der Waals surface area (Å²) in [7, 11) is 0. The van der Waals surface area contributed by atoms with Crippen molar-refractivity contribution in [2.24, 2.45) is 0 Å². The van der Waals surface area contributed by atoms with Crippen LogP contribution >= 0.6 is 11.6 Å². The van der Waals surface area contributed by atoms with Crippen LogP contribution in [0.15, 0.2) is 67.0 Å². The number of aromatic nitrogens is 4. The maximum Gasteiger partial charge on any atom is 0.165 e. The molecule has 2 aromatic heterocycles. The van der Waals surface area contributed by atoms with E-state index in [9.17, 15) is 0 Å². The highest BCUT2D eigenvalue weighted by atomic mass is 35.5. The van der Waals surface area contributed by atoms with Crippen LogP contribution in [0.1, 0.15) is 5.56 Å². The zero-order valence-electron chi connectivity index (χ0n) is 12.7. The minimum atomic E-state index is 0.387. The molecule has 118 valence electrons. The van der Waals surface area contributed by atoms with E-state index in [-0.39, 0.29) is 0 Å². The van der Waals surface area contributed by atoms with E-state index in [1.165, 1.54) is 6.33 Å². The summed E-state index contributed by atoms with van der Waals surface area (Å²) in [5.74, 6) is 0.651. The molecule has 4 rings (SSSR count). The van der Waals surface area contributed by atoms with Crippen molar-refractivity contribution in [3.05, 3.63) is 77.7 Å². The van der Waals surface area contributed by atoms with Gasteiger partial charge in [0.1, 0.15) is 16.9 Å². The molecule has 0 amide bonds. The first kappa shape index (κ1) is 14.7. The van der Waals surface area contributed by atoms with Gasteiger partial charge in [-0.15, -0.1) is 0 Å². The number of hydrogen-bond donors (Lipinski definition) is 1. The highest BCUT2D eigenvalue weighted by molar-refractivity contribution is 6.35. The Morgan fingerprint density at radius 2 is 1.62 bits per heavy atom. The van der Waals surface area contributed by atoms with Crippen molar-refractivity contribution < 1.29 is 0 Å². The summed E-state index contributed by atoms with van der Waals surface area (Å²) < 4.78 is 1.84. The van der Waals surface area contributed by atoms with Crippen molar-refractivity contribution in [3.8, 4) is 0 Å². The van der Waals surface area contributed by atoms with Crippen molar-refractivity contribution in [1.82, 2.24) is 19.7 Å². The number of halogens is 1. The Labute approximate surface area is 143 Å². The van der Waals surface area contributed by atoms with Crippen molar-refractivity contribution in [2.75, 3.05) is 5.32 Å². The lowest BCUT2D eigenvalue weighted by molar-refractivity contribution is 0.707. The molecule has 0 aliphatic carbocycles. The third kappa shape index (κ3) is 2.81. The molecule has 4 aromatic rings. The number of nitrogens with zero attached hydrogens (tertiary/aromatic N) is 4. The second kappa shape index (κ2) is 6.29. The zero-order valence-corrected chi connectivity index (χ0v) is 13.5. The topological polar surface area (TPSA) is 55.6 Å². The SMILES string of the molecule is Clc1ncnc2c1c(Nc1ccccc1)nn2Cc1ccccc1. The Kier molecular flexibility index (Phi) is 3.84. The molecule has 6 heteroatoms. The fourth-order valence-corrected chi connectivity index (χ4v) is 2.80. The third-order valence-corrected chi connectivity index (χ3v) is 3.98. The molecule has 2 heterocycles. The monoisotopic (exact) mass is 335 g/mol. The van der Waals surface area contributed by atoms with Crippen LogP contribution in [0, 0.1) is 0 Å². The highest BCUT2D eigenvalue weighted by Crippen LogP contribution is 2.29. The zero-order chi connectivity index (χ0) is 16.4. The summed E-state index contributed by atoms with van der Waals surface area (Å²) in [6.45, 7) is 0.612. The molecule has 0 aliphatic rings. The lowest BCUT2D eigenvalue weighted by atomic mass is 10.2. The van der Waals surface area contributed by atoms with Crippen LogP contribution < -0.4 is 5.32 Å². The fraction of sp³-hybridized carbons (Fsp3) is 0.0556. The summed E-state index contributed by atoms with van der Waals surface area (Å²) >= 11 is 6.30. The Morgan fingerprint density at radius 3 is 2.38 bits per heavy atom. The largest absolute Gasteiger partial charge is 0.338 e. The first-order chi connectivity index (χ1) is 11.8. The quantitative estimate of drug-likeness (QED) is 0.566. The fourth-order valence-electron chi connectivity index (χ4n) is 2.59. The van der Waals surface area contributed by atoms with Crippen LogP contribution in [0.3, 0.4) is 0 Å². The molecule has 5 nitrogen and oxygen atoms in total. The number of anilines is 2. The average Bonchev–Trinajstić information content (AvgIpc) is 2.95. The molecule has 0 bridgehead atoms. The van der Waals surface area contributed by atoms with Crippen LogP contribution in [0.5, 0.6) is 0 Å². The van der Waals surface area contributed by atoms with Gasteiger partial charge in [0.25, 0.3) is 0 Å². The summed E-state index contributed by atoms with van der Waals surface area (Å²) in [6.07, 6.45) is 1.46. The molecule has 1 N–H and O–H groups in total. The van der Waals surface area contributed by atoms with Crippen molar-refractivity contribution in [3.63, 3.8) is 0 Å². The van der Waals surface area contributed by atoms with Gasteiger partial charge in [0.15, 0.2) is 11.5 Å². The average molecular weight is 336 g/mol. The van der Waals surface area contributed by atoms with Gasteiger partial charge in [0.2, 0.25) is 0 Å². The molecular formula is C18H14ClN5. The van der Waals surface area contributed by atoms with Gasteiger partial charge in [-0.3, -0.25) is 0 Å². The van der Waals surface area contributed by atoms with E-state index in [0.717, 1.165) is 16.6 Å². The van der Waals surface area contributed by atoms with Gasteiger partial charge in [0, 0.05) is 5.69 Å². The van der Waals surface area contributed by atoms with Gasteiger partial charge in [-0.25, -0.2) is 14.6 Å². The van der Waals surface area contributed by atoms with E-state index < -0.39 is 0 Å². The molecule has 2 aromatic carbocycles. The molecule has 0 saturated carbocycles. The van der Waals surface area contributed by atoms with E-state index in [1.54, 1.807) is 0 Å². The minimum absolute atomic E-state index is 0.387. The van der Waals surface area contributed by atoms with Crippen molar-refractivity contribution in [2.45, 2.75) is 6.54 Å². The third-order valence-electron chi connectivity index (χ3n) is 3.69. The Bertz CT molecular complexity index is 967. The molecular weight excluding hydrogens is 322 g/mol. The van der Waals surface area contributed by atoms with Gasteiger partial charge in [-0.2, -0.15) is 5.10 Å². The Balaban J connectivity index is 1.79. The van der Waals surface area contributed by atoms with Crippen LogP contribution in [0.2, 0.25) is 5.15 Å². The molecule has 0 radical (unpaired) electrons. The molecule has 0 aliphatic heterocycles. The number of hydrogen-bond acceptors (Lipinski definition) is 4. The first-order valence-corrected chi connectivity index (χ1v) is 7.92. The second-order valence-corrected chi connectivity index (χ2v) is 5.70. The molecule has 0 saturated heterocycles. The van der Waals surface area contributed by atoms with Crippen LogP contribution in [-0.4, -0.2) is 19.7 Å². The number of fused-ring (bicyclic) bond motifs is 1. The highest BCUT2D eigenvalue weighted by Gasteiger charge is 2.16. The number of benzene rings is 2. The predicted octanol–water partition coefficient (Wildman–Crippen LogP) is 4.27. The van der Waals surface area contributed by atoms with Gasteiger partial charge < -0.3 is 5.32 Å². The maximum atomic E-state index is 6.30. The van der Waals surface area contributed by atoms with Gasteiger partial charge >= 0.3 is 0 Å². The second-order valence-electron chi connectivity index (χ2n) is 5.35. The molecule has 0 atom stereocenters. The predicted molar refractivity (Wildman–Crippen MR) is 95.6 cm³/mol. The van der Waals surface area contributed by atoms with Gasteiger partial charge in [-0.05, 0) is 17.7 Å². The van der Waals surface area contributed by atoms with E-state index >= 15 is 0 Å². The Morgan fingerprint density at radius 1 is 0.917 bits per heavy atom. The molecule has 0 unspecified atom stereocenters. The van der Waals surface area contributed by atoms with E-state index in [4.69, 9.17) is 11.6 Å². The molecule has 24 heavy (non-hydrogen) atoms. The van der Waals surface area contributed by atoms with Gasteiger partial charge in [-0.1, -0.05) is 60.1 Å². The summed E-state index contributed by atoms with van der Waals surface area (Å²) in [4.78, 5) is 8.46. The van der Waals surface area contributed by atoms with E-state index in [1.807, 2.05) is 53.2 Å². The molecule has 0 fully saturated rings. The number of rotatable bonds is 4. The minimum Gasteiger partial charge on any atom is -0.338 e. The lowest BCUT2D eigenvalue weighted by Gasteiger charge is -2.03. The summed E-state index contributed by atoms with van der Waals surface area (Å²) in [5, 5.41) is 9.06. The normalized spacial score (nSPS) is 10.9. The number of nitrogens with one attached hydrogen (secondary N) is 1. The number of para-hydroxylation sites is 1. The van der Waals surface area contributed by atoms with E-state index in [2.05, 4.69) is 32.5 Å². The first-order valence-electron chi connectivity index (χ1n) is 7.54. The van der Waals surface area contributed by atoms with Crippen LogP contribution in [0.25, 0.3) is 11.0 Å². The lowest BCUT2D eigenvalue weighted by Crippen LogP contribution is -2.03. The van der Waals surface area contributed by atoms with Crippen LogP contribution in [0.4, 0.5) is 11.5 Å². The standard InChI is InChI=1S/C18H14ClN5/c19-16-15-17(22-14-9-5-2-6-10-14)23-24(18(15)21-12-20-16)11-13-7-3-1-4-8-13/h1-10,12H,11H2,(H,22,23). The van der Waals surface area contributed by atoms with Crippen LogP contribution in [-0.2, 0) is 6.54 Å². The maximum absolute atomic E-state index is 6.30. The van der Waals surface area contributed by atoms with Crippen molar-refractivity contribution >= 4 is 34.1 Å². The summed E-state index contributed by atoms with van der Waals surface area (Å²) in [5.41, 5.74) is 2.78. The van der Waals surface area contributed by atoms with Gasteiger partial charge in [0.05, 0.1) is 6.54 Å². The van der Waals surface area contributed by atoms with E-state index in [0.29, 0.717) is 23.2 Å². The smallest absolute Gasteiger partial charge is 0.165 e. The Hall–Kier alpha value is -2.92. The summed E-state index contributed by atoms with van der Waals surface area (Å²) in [6, 6.07) is 20.0. The molecule has 0 spiro atoms. The van der Waals surface area contributed by atoms with Crippen molar-refractivity contribution in [1.29, 1.82) is 0 Å².